The van der Waals surface area contributed by atoms with Gasteiger partial charge in [-0.1, -0.05) is 13.8 Å². The number of carbonyl (C=O) groups excluding carboxylic acids is 1. The van der Waals surface area contributed by atoms with Gasteiger partial charge in [-0.2, -0.15) is 0 Å². The van der Waals surface area contributed by atoms with Crippen molar-refractivity contribution in [1.82, 2.24) is 0 Å². The fourth-order valence-corrected chi connectivity index (χ4v) is 8.72. The highest BCUT2D eigenvalue weighted by Crippen LogP contribution is 2.68. The smallest absolute Gasteiger partial charge is 0.302 e. The summed E-state index contributed by atoms with van der Waals surface area (Å²) in [5.41, 5.74) is 0.185. The summed E-state index contributed by atoms with van der Waals surface area (Å²) in [4.78, 5) is 11.4. The summed E-state index contributed by atoms with van der Waals surface area (Å²) < 4.78 is 5.59. The van der Waals surface area contributed by atoms with Crippen molar-refractivity contribution in [3.05, 3.63) is 0 Å². The van der Waals surface area contributed by atoms with Crippen molar-refractivity contribution in [2.75, 3.05) is 0 Å². The van der Waals surface area contributed by atoms with Crippen molar-refractivity contribution < 1.29 is 14.6 Å². The summed E-state index contributed by atoms with van der Waals surface area (Å²) in [6.45, 7) is 10.7. The van der Waals surface area contributed by atoms with Crippen LogP contribution in [-0.4, -0.2) is 22.8 Å². The molecule has 4 saturated carbocycles. The molecule has 0 aromatic heterocycles. The average Bonchev–Trinajstić information content (AvgIpc) is 2.92. The van der Waals surface area contributed by atoms with Gasteiger partial charge in [0.1, 0.15) is 6.10 Å². The largest absolute Gasteiger partial charge is 0.463 e. The average molecular weight is 377 g/mol. The second kappa shape index (κ2) is 6.47. The number of aliphatic hydroxyl groups is 1. The van der Waals surface area contributed by atoms with Crippen LogP contribution in [0.2, 0.25) is 0 Å². The zero-order valence-corrected chi connectivity index (χ0v) is 18.1. The Labute approximate surface area is 165 Å². The van der Waals surface area contributed by atoms with Crippen LogP contribution < -0.4 is 0 Å². The third kappa shape index (κ3) is 3.07. The topological polar surface area (TPSA) is 46.5 Å². The summed E-state index contributed by atoms with van der Waals surface area (Å²) in [6, 6.07) is 0. The minimum atomic E-state index is -0.556. The molecule has 4 fully saturated rings. The maximum absolute atomic E-state index is 11.4. The molecule has 4 rings (SSSR count). The van der Waals surface area contributed by atoms with E-state index in [2.05, 4.69) is 13.8 Å². The predicted molar refractivity (Wildman–Crippen MR) is 107 cm³/mol. The van der Waals surface area contributed by atoms with E-state index in [1.807, 2.05) is 13.8 Å². The number of rotatable bonds is 2. The van der Waals surface area contributed by atoms with Crippen LogP contribution in [0.4, 0.5) is 0 Å². The monoisotopic (exact) mass is 376 g/mol. The van der Waals surface area contributed by atoms with E-state index in [0.29, 0.717) is 22.7 Å². The van der Waals surface area contributed by atoms with Gasteiger partial charge >= 0.3 is 5.97 Å². The van der Waals surface area contributed by atoms with Crippen LogP contribution in [0.1, 0.15) is 92.4 Å². The second-order valence-corrected chi connectivity index (χ2v) is 11.5. The molecule has 0 saturated heterocycles. The van der Waals surface area contributed by atoms with Gasteiger partial charge in [0.05, 0.1) is 5.60 Å². The fraction of sp³-hybridized carbons (Fsp3) is 0.958. The second-order valence-electron chi connectivity index (χ2n) is 11.5. The predicted octanol–water partition coefficient (Wildman–Crippen LogP) is 5.35. The highest BCUT2D eigenvalue weighted by Gasteiger charge is 2.61. The first kappa shape index (κ1) is 19.7. The number of esters is 1. The lowest BCUT2D eigenvalue weighted by Gasteiger charge is -2.61. The Morgan fingerprint density at radius 3 is 2.30 bits per heavy atom. The van der Waals surface area contributed by atoms with E-state index < -0.39 is 5.60 Å². The SMILES string of the molecule is CC(=O)O[C@H]1CC[C@@]2(C)[C@H](CC[C@@H]3[C@@H]2CC[C@]2(C)[C@@H](C(C)(C)O)CC[C@@H]32)C1. The van der Waals surface area contributed by atoms with Crippen molar-refractivity contribution in [3.8, 4) is 0 Å². The summed E-state index contributed by atoms with van der Waals surface area (Å²) in [7, 11) is 0. The Kier molecular flexibility index (Phi) is 4.73. The fourth-order valence-electron chi connectivity index (χ4n) is 8.72. The quantitative estimate of drug-likeness (QED) is 0.661. The van der Waals surface area contributed by atoms with Gasteiger partial charge < -0.3 is 9.84 Å². The van der Waals surface area contributed by atoms with E-state index in [9.17, 15) is 9.90 Å². The van der Waals surface area contributed by atoms with Crippen molar-refractivity contribution in [2.45, 2.75) is 104 Å². The summed E-state index contributed by atoms with van der Waals surface area (Å²) in [5, 5.41) is 10.8. The molecule has 4 aliphatic carbocycles. The van der Waals surface area contributed by atoms with E-state index >= 15 is 0 Å². The molecule has 0 spiro atoms. The first-order valence-corrected chi connectivity index (χ1v) is 11.5. The van der Waals surface area contributed by atoms with Gasteiger partial charge in [0.15, 0.2) is 0 Å². The van der Waals surface area contributed by atoms with Crippen LogP contribution in [-0.2, 0) is 9.53 Å². The Bertz CT molecular complexity index is 593. The van der Waals surface area contributed by atoms with E-state index in [1.165, 1.54) is 44.9 Å². The molecule has 0 aliphatic heterocycles. The van der Waals surface area contributed by atoms with Gasteiger partial charge in [-0.05, 0) is 112 Å². The summed E-state index contributed by atoms with van der Waals surface area (Å²) >= 11 is 0. The Balaban J connectivity index is 1.54. The molecule has 1 N–H and O–H groups in total. The number of fused-ring (bicyclic) bond motifs is 5. The first-order chi connectivity index (χ1) is 12.6. The molecule has 27 heavy (non-hydrogen) atoms. The van der Waals surface area contributed by atoms with Crippen LogP contribution in [0, 0.1) is 40.4 Å². The molecular weight excluding hydrogens is 336 g/mol. The number of hydrogen-bond acceptors (Lipinski definition) is 3. The molecule has 3 nitrogen and oxygen atoms in total. The Hall–Kier alpha value is -0.570. The lowest BCUT2D eigenvalue weighted by atomic mass is 9.44. The molecule has 0 aromatic rings. The van der Waals surface area contributed by atoms with Gasteiger partial charge in [0.25, 0.3) is 0 Å². The lowest BCUT2D eigenvalue weighted by molar-refractivity contribution is -0.163. The highest BCUT2D eigenvalue weighted by molar-refractivity contribution is 5.66. The van der Waals surface area contributed by atoms with E-state index in [0.717, 1.165) is 30.6 Å². The molecular formula is C24H40O3. The first-order valence-electron chi connectivity index (χ1n) is 11.5. The number of hydrogen-bond donors (Lipinski definition) is 1. The van der Waals surface area contributed by atoms with Gasteiger partial charge in [0, 0.05) is 6.92 Å². The van der Waals surface area contributed by atoms with E-state index in [-0.39, 0.29) is 12.1 Å². The van der Waals surface area contributed by atoms with E-state index in [4.69, 9.17) is 4.74 Å². The van der Waals surface area contributed by atoms with Crippen molar-refractivity contribution >= 4 is 5.97 Å². The summed E-state index contributed by atoms with van der Waals surface area (Å²) in [5.74, 6) is 3.50. The molecule has 0 bridgehead atoms. The third-order valence-corrected chi connectivity index (χ3v) is 9.80. The zero-order chi connectivity index (χ0) is 19.6. The van der Waals surface area contributed by atoms with Crippen LogP contribution >= 0.6 is 0 Å². The molecule has 0 aromatic carbocycles. The molecule has 0 heterocycles. The Morgan fingerprint density at radius 1 is 0.963 bits per heavy atom. The summed E-state index contributed by atoms with van der Waals surface area (Å²) in [6.07, 6.45) is 11.3. The maximum Gasteiger partial charge on any atom is 0.302 e. The highest BCUT2D eigenvalue weighted by atomic mass is 16.5. The van der Waals surface area contributed by atoms with Crippen LogP contribution in [0.15, 0.2) is 0 Å². The molecule has 8 atom stereocenters. The maximum atomic E-state index is 11.4. The normalized spacial score (nSPS) is 49.7. The van der Waals surface area contributed by atoms with Crippen LogP contribution in [0.25, 0.3) is 0 Å². The van der Waals surface area contributed by atoms with Crippen molar-refractivity contribution in [2.24, 2.45) is 40.4 Å². The lowest BCUT2D eigenvalue weighted by Crippen LogP contribution is -2.55. The minimum Gasteiger partial charge on any atom is -0.463 e. The molecule has 4 aliphatic rings. The van der Waals surface area contributed by atoms with Gasteiger partial charge in [0.2, 0.25) is 0 Å². The Morgan fingerprint density at radius 2 is 1.63 bits per heavy atom. The minimum absolute atomic E-state index is 0.116. The zero-order valence-electron chi connectivity index (χ0n) is 18.1. The molecule has 0 amide bonds. The van der Waals surface area contributed by atoms with Gasteiger partial charge in [-0.15, -0.1) is 0 Å². The van der Waals surface area contributed by atoms with Crippen LogP contribution in [0.3, 0.4) is 0 Å². The van der Waals surface area contributed by atoms with Gasteiger partial charge in [-0.25, -0.2) is 0 Å². The number of carbonyl (C=O) groups is 1. The van der Waals surface area contributed by atoms with Crippen LogP contribution in [0.5, 0.6) is 0 Å². The number of ether oxygens (including phenoxy) is 1. The third-order valence-electron chi connectivity index (χ3n) is 9.80. The van der Waals surface area contributed by atoms with Crippen molar-refractivity contribution in [1.29, 1.82) is 0 Å². The molecule has 3 heteroatoms. The van der Waals surface area contributed by atoms with E-state index in [1.54, 1.807) is 6.92 Å². The van der Waals surface area contributed by atoms with Crippen molar-refractivity contribution in [3.63, 3.8) is 0 Å². The molecule has 0 unspecified atom stereocenters. The molecule has 0 radical (unpaired) electrons. The standard InChI is InChI=1S/C24H40O3/c1-15(25)27-17-10-12-23(4)16(14-17)6-7-18-19-8-9-21(22(2,3)26)24(19,5)13-11-20(18)23/h16-21,26H,6-14H2,1-5H3/t16-,17+,18+,19+,20+,21-,23+,24+/m1/s1. The van der Waals surface area contributed by atoms with Gasteiger partial charge in [-0.3, -0.25) is 4.79 Å². The molecule has 154 valence electrons.